The van der Waals surface area contributed by atoms with Gasteiger partial charge in [0.25, 0.3) is 5.92 Å². The lowest BCUT2D eigenvalue weighted by atomic mass is 10.2. The van der Waals surface area contributed by atoms with Crippen LogP contribution in [-0.2, 0) is 9.53 Å². The van der Waals surface area contributed by atoms with Crippen molar-refractivity contribution in [3.8, 4) is 0 Å². The number of likely N-dealkylation sites (tertiary alicyclic amines) is 1. The number of fused-ring (bicyclic) bond motifs is 1. The Morgan fingerprint density at radius 3 is 2.71 bits per heavy atom. The van der Waals surface area contributed by atoms with Gasteiger partial charge in [0, 0.05) is 6.54 Å². The van der Waals surface area contributed by atoms with Gasteiger partial charge in [0.05, 0.1) is 5.92 Å². The molecule has 2 atom stereocenters. The second-order valence-electron chi connectivity index (χ2n) is 4.05. The maximum atomic E-state index is 13.4. The molecule has 2 aliphatic rings. The van der Waals surface area contributed by atoms with Gasteiger partial charge in [0.15, 0.2) is 0 Å². The molecule has 1 aliphatic heterocycles. The number of alkyl halides is 2. The Bertz CT molecular complexity index is 398. The summed E-state index contributed by atoms with van der Waals surface area (Å²) in [6.45, 7) is 3.15. The average molecular weight is 247 g/mol. The Balaban J connectivity index is 2.22. The van der Waals surface area contributed by atoms with Crippen molar-refractivity contribution in [1.82, 2.24) is 4.90 Å². The molecule has 1 heterocycles. The molecule has 1 saturated heterocycles. The van der Waals surface area contributed by atoms with Gasteiger partial charge in [-0.05, 0) is 6.42 Å². The molecule has 7 heteroatoms. The van der Waals surface area contributed by atoms with Crippen molar-refractivity contribution >= 4 is 12.1 Å². The fourth-order valence-corrected chi connectivity index (χ4v) is 2.50. The van der Waals surface area contributed by atoms with Crippen LogP contribution in [0.5, 0.6) is 0 Å². The molecule has 0 bridgehead atoms. The van der Waals surface area contributed by atoms with Crippen LogP contribution in [0.3, 0.4) is 0 Å². The number of amides is 1. The zero-order valence-electron chi connectivity index (χ0n) is 8.86. The van der Waals surface area contributed by atoms with Gasteiger partial charge in [-0.25, -0.2) is 18.4 Å². The first-order valence-corrected chi connectivity index (χ1v) is 5.07. The van der Waals surface area contributed by atoms with Crippen molar-refractivity contribution in [3.63, 3.8) is 0 Å². The number of nitrogens with zero attached hydrogens (tertiary/aromatic N) is 1. The summed E-state index contributed by atoms with van der Waals surface area (Å²) in [7, 11) is 0. The molecule has 1 N–H and O–H groups in total. The summed E-state index contributed by atoms with van der Waals surface area (Å²) >= 11 is 0. The normalized spacial score (nSPS) is 32.8. The van der Waals surface area contributed by atoms with Gasteiger partial charge in [-0.15, -0.1) is 0 Å². The number of rotatable bonds is 3. The third-order valence-electron chi connectivity index (χ3n) is 3.31. The summed E-state index contributed by atoms with van der Waals surface area (Å²) in [5, 5.41) is 8.94. The fraction of sp³-hybridized carbons (Fsp3) is 0.600. The zero-order chi connectivity index (χ0) is 12.8. The van der Waals surface area contributed by atoms with Crippen LogP contribution in [0.4, 0.5) is 13.6 Å². The molecule has 1 amide bonds. The molecule has 0 radical (unpaired) electrons. The summed E-state index contributed by atoms with van der Waals surface area (Å²) in [4.78, 5) is 23.1. The first-order chi connectivity index (χ1) is 7.90. The third-order valence-corrected chi connectivity index (χ3v) is 3.31. The predicted octanol–water partition coefficient (Wildman–Crippen LogP) is 1.10. The minimum absolute atomic E-state index is 0.0253. The van der Waals surface area contributed by atoms with E-state index in [0.29, 0.717) is 4.90 Å². The minimum atomic E-state index is -3.37. The second-order valence-corrected chi connectivity index (χ2v) is 4.05. The molecule has 0 aromatic carbocycles. The molecule has 17 heavy (non-hydrogen) atoms. The van der Waals surface area contributed by atoms with Crippen LogP contribution in [-0.4, -0.2) is 46.7 Å². The van der Waals surface area contributed by atoms with Crippen LogP contribution in [0.1, 0.15) is 6.42 Å². The van der Waals surface area contributed by atoms with Gasteiger partial charge in [-0.2, -0.15) is 0 Å². The summed E-state index contributed by atoms with van der Waals surface area (Å²) in [5.41, 5.74) is -2.40. The molecule has 94 valence electrons. The number of piperidine rings is 1. The van der Waals surface area contributed by atoms with Crippen LogP contribution >= 0.6 is 0 Å². The van der Waals surface area contributed by atoms with Crippen LogP contribution in [0.2, 0.25) is 0 Å². The lowest BCUT2D eigenvalue weighted by molar-refractivity contribution is -0.148. The standard InChI is InChI=1S/C10H11F2NO4/c1-2-5-17-8(16)13-4-3-6-9(13,7(14)15)10(6,11)12/h2,6H,1,3-5H2,(H,14,15). The molecule has 0 aromatic heterocycles. The number of hydrogen-bond acceptors (Lipinski definition) is 3. The summed E-state index contributed by atoms with van der Waals surface area (Å²) in [5.74, 6) is -6.35. The maximum absolute atomic E-state index is 13.4. The molecule has 1 saturated carbocycles. The van der Waals surface area contributed by atoms with Crippen molar-refractivity contribution in [3.05, 3.63) is 12.7 Å². The SMILES string of the molecule is C=CCOC(=O)N1CCC2C(F)(F)C21C(=O)O. The number of hydrogen-bond donors (Lipinski definition) is 1. The number of carboxylic acid groups (broad SMARTS) is 1. The lowest BCUT2D eigenvalue weighted by Crippen LogP contribution is -2.50. The Morgan fingerprint density at radius 1 is 1.59 bits per heavy atom. The summed E-state index contributed by atoms with van der Waals surface area (Å²) in [6, 6.07) is 0. The molecule has 1 aliphatic carbocycles. The number of carbonyl (C=O) groups is 2. The highest BCUT2D eigenvalue weighted by molar-refractivity contribution is 5.92. The van der Waals surface area contributed by atoms with Gasteiger partial charge in [0.2, 0.25) is 5.54 Å². The Kier molecular flexibility index (Phi) is 2.37. The van der Waals surface area contributed by atoms with E-state index in [0.717, 1.165) is 0 Å². The molecular weight excluding hydrogens is 236 g/mol. The highest BCUT2D eigenvalue weighted by Gasteiger charge is 2.91. The Hall–Kier alpha value is -1.66. The van der Waals surface area contributed by atoms with E-state index in [2.05, 4.69) is 11.3 Å². The first-order valence-electron chi connectivity index (χ1n) is 5.07. The van der Waals surface area contributed by atoms with Crippen LogP contribution in [0, 0.1) is 5.92 Å². The average Bonchev–Trinajstić information content (AvgIpc) is 2.64. The number of carboxylic acids is 1. The van der Waals surface area contributed by atoms with E-state index in [1.54, 1.807) is 0 Å². The first kappa shape index (κ1) is 11.8. The third kappa shape index (κ3) is 1.22. The van der Waals surface area contributed by atoms with Gasteiger partial charge < -0.3 is 9.84 Å². The highest BCUT2D eigenvalue weighted by atomic mass is 19.3. The highest BCUT2D eigenvalue weighted by Crippen LogP contribution is 2.67. The maximum Gasteiger partial charge on any atom is 0.411 e. The molecule has 0 spiro atoms. The molecular formula is C10H11F2NO4. The van der Waals surface area contributed by atoms with Crippen LogP contribution in [0.15, 0.2) is 12.7 Å². The van der Waals surface area contributed by atoms with Crippen molar-refractivity contribution in [1.29, 1.82) is 0 Å². The smallest absolute Gasteiger partial charge is 0.411 e. The lowest BCUT2D eigenvalue weighted by Gasteiger charge is -2.25. The summed E-state index contributed by atoms with van der Waals surface area (Å²) < 4.78 is 31.5. The zero-order valence-corrected chi connectivity index (χ0v) is 8.86. The molecule has 2 unspecified atom stereocenters. The molecule has 0 aromatic rings. The van der Waals surface area contributed by atoms with E-state index in [4.69, 9.17) is 5.11 Å². The van der Waals surface area contributed by atoms with Crippen molar-refractivity contribution in [2.24, 2.45) is 5.92 Å². The predicted molar refractivity (Wildman–Crippen MR) is 51.7 cm³/mol. The van der Waals surface area contributed by atoms with Crippen molar-refractivity contribution < 1.29 is 28.2 Å². The number of aliphatic carboxylic acids is 1. The Morgan fingerprint density at radius 2 is 2.24 bits per heavy atom. The quantitative estimate of drug-likeness (QED) is 0.758. The van der Waals surface area contributed by atoms with E-state index in [1.807, 2.05) is 0 Å². The monoisotopic (exact) mass is 247 g/mol. The minimum Gasteiger partial charge on any atom is -0.479 e. The largest absolute Gasteiger partial charge is 0.479 e. The van der Waals surface area contributed by atoms with Crippen molar-refractivity contribution in [2.45, 2.75) is 17.9 Å². The van der Waals surface area contributed by atoms with Gasteiger partial charge in [0.1, 0.15) is 6.61 Å². The molecule has 2 rings (SSSR count). The molecule has 5 nitrogen and oxygen atoms in total. The fourth-order valence-electron chi connectivity index (χ4n) is 2.50. The van der Waals surface area contributed by atoms with Gasteiger partial charge in [-0.3, -0.25) is 4.90 Å². The van der Waals surface area contributed by atoms with E-state index in [1.165, 1.54) is 6.08 Å². The van der Waals surface area contributed by atoms with E-state index in [9.17, 15) is 18.4 Å². The number of halogens is 2. The number of ether oxygens (including phenoxy) is 1. The molecule has 2 fully saturated rings. The van der Waals surface area contributed by atoms with Gasteiger partial charge >= 0.3 is 12.1 Å². The summed E-state index contributed by atoms with van der Waals surface area (Å²) in [6.07, 6.45) is 0.221. The van der Waals surface area contributed by atoms with Gasteiger partial charge in [-0.1, -0.05) is 12.7 Å². The van der Waals surface area contributed by atoms with E-state index in [-0.39, 0.29) is 19.6 Å². The van der Waals surface area contributed by atoms with Crippen molar-refractivity contribution in [2.75, 3.05) is 13.2 Å². The Labute approximate surface area is 95.6 Å². The van der Waals surface area contributed by atoms with E-state index < -0.39 is 29.4 Å². The number of carbonyl (C=O) groups excluding carboxylic acids is 1. The van der Waals surface area contributed by atoms with Crippen LogP contribution < -0.4 is 0 Å². The van der Waals surface area contributed by atoms with Crippen LogP contribution in [0.25, 0.3) is 0 Å². The second kappa shape index (κ2) is 3.41. The topological polar surface area (TPSA) is 66.8 Å². The van der Waals surface area contributed by atoms with E-state index >= 15 is 0 Å².